The summed E-state index contributed by atoms with van der Waals surface area (Å²) < 4.78 is 13.9. The highest BCUT2D eigenvalue weighted by molar-refractivity contribution is 6.98. The number of rotatable bonds is 7. The van der Waals surface area contributed by atoms with Gasteiger partial charge in [0.25, 0.3) is 0 Å². The van der Waals surface area contributed by atoms with Crippen molar-refractivity contribution in [1.29, 1.82) is 0 Å². The SMILES string of the molecule is Cc1cc(C)cc(B(c2cccc3ccccc23)c2cc3c4cccc5c4c(cc3c3ccccc23)-c2ccc(N(c3ccccc3-c3ccccc3)c3cccc4c3oc3ccccc34)cc2O5)c1. The quantitative estimate of drug-likeness (QED) is 0.118. The van der Waals surface area contributed by atoms with Crippen LogP contribution in [0.25, 0.3) is 87.3 Å². The second kappa shape index (κ2) is 15.9. The molecule has 14 rings (SSSR count). The molecule has 0 radical (unpaired) electrons. The van der Waals surface area contributed by atoms with E-state index in [0.29, 0.717) is 0 Å². The van der Waals surface area contributed by atoms with Crippen LogP contribution < -0.4 is 26.0 Å². The average Bonchev–Trinajstić information content (AvgIpc) is 3.79. The van der Waals surface area contributed by atoms with E-state index < -0.39 is 0 Å². The van der Waals surface area contributed by atoms with Crippen LogP contribution in [0.2, 0.25) is 0 Å². The lowest BCUT2D eigenvalue weighted by Crippen LogP contribution is -2.52. The minimum Gasteiger partial charge on any atom is -0.456 e. The summed E-state index contributed by atoms with van der Waals surface area (Å²) in [5.41, 5.74) is 15.5. The highest BCUT2D eigenvalue weighted by Crippen LogP contribution is 2.52. The molecule has 0 unspecified atom stereocenters. The fourth-order valence-electron chi connectivity index (χ4n) is 11.7. The Balaban J connectivity index is 0.993. The number of hydrogen-bond donors (Lipinski definition) is 0. The van der Waals surface area contributed by atoms with E-state index in [1.807, 2.05) is 12.1 Å². The molecule has 2 heterocycles. The van der Waals surface area contributed by atoms with Crippen LogP contribution in [-0.4, -0.2) is 6.71 Å². The number of para-hydroxylation sites is 3. The molecule has 0 saturated carbocycles. The summed E-state index contributed by atoms with van der Waals surface area (Å²) in [4.78, 5) is 2.34. The van der Waals surface area contributed by atoms with Crippen molar-refractivity contribution in [3.05, 3.63) is 242 Å². The molecule has 4 heteroatoms. The third kappa shape index (κ3) is 6.30. The predicted octanol–water partition coefficient (Wildman–Crippen LogP) is 16.2. The average molecular weight is 894 g/mol. The molecule has 0 fully saturated rings. The van der Waals surface area contributed by atoms with Crippen molar-refractivity contribution >= 4 is 105 Å². The first-order chi connectivity index (χ1) is 34.5. The first kappa shape index (κ1) is 40.2. The fourth-order valence-corrected chi connectivity index (χ4v) is 11.7. The maximum absolute atomic E-state index is 7.14. The lowest BCUT2D eigenvalue weighted by atomic mass is 9.35. The van der Waals surface area contributed by atoms with Crippen LogP contribution in [0.3, 0.4) is 0 Å². The lowest BCUT2D eigenvalue weighted by molar-refractivity contribution is 0.487. The minimum atomic E-state index is -0.0133. The number of nitrogens with zero attached hydrogens (tertiary/aromatic N) is 1. The van der Waals surface area contributed by atoms with Gasteiger partial charge in [0.15, 0.2) is 5.58 Å². The Morgan fingerprint density at radius 2 is 1.04 bits per heavy atom. The molecular formula is C66H44BNO2. The van der Waals surface area contributed by atoms with E-state index in [0.717, 1.165) is 72.6 Å². The van der Waals surface area contributed by atoms with E-state index >= 15 is 0 Å². The van der Waals surface area contributed by atoms with Crippen molar-refractivity contribution in [2.75, 3.05) is 4.90 Å². The summed E-state index contributed by atoms with van der Waals surface area (Å²) >= 11 is 0. The van der Waals surface area contributed by atoms with Gasteiger partial charge in [0.05, 0.1) is 17.1 Å². The predicted molar refractivity (Wildman–Crippen MR) is 296 cm³/mol. The lowest BCUT2D eigenvalue weighted by Gasteiger charge is -2.30. The van der Waals surface area contributed by atoms with E-state index in [9.17, 15) is 0 Å². The number of furan rings is 1. The summed E-state index contributed by atoms with van der Waals surface area (Å²) in [6.07, 6.45) is 0. The molecule has 70 heavy (non-hydrogen) atoms. The molecule has 328 valence electrons. The molecule has 12 aromatic carbocycles. The zero-order valence-corrected chi connectivity index (χ0v) is 38.8. The van der Waals surface area contributed by atoms with Crippen molar-refractivity contribution in [1.82, 2.24) is 0 Å². The summed E-state index contributed by atoms with van der Waals surface area (Å²) in [6, 6.07) is 83.9. The fraction of sp³-hybridized carbons (Fsp3) is 0.0303. The molecule has 13 aromatic rings. The van der Waals surface area contributed by atoms with Crippen LogP contribution in [-0.2, 0) is 0 Å². The summed E-state index contributed by atoms with van der Waals surface area (Å²) in [6.45, 7) is 4.42. The minimum absolute atomic E-state index is 0.0133. The van der Waals surface area contributed by atoms with Gasteiger partial charge in [-0.1, -0.05) is 210 Å². The molecule has 1 aromatic heterocycles. The third-order valence-corrected chi connectivity index (χ3v) is 14.6. The Hall–Kier alpha value is -8.86. The molecule has 0 spiro atoms. The maximum atomic E-state index is 7.14. The molecule has 0 amide bonds. The maximum Gasteiger partial charge on any atom is 0.242 e. The monoisotopic (exact) mass is 893 g/mol. The Bertz CT molecular complexity index is 4240. The van der Waals surface area contributed by atoms with Gasteiger partial charge in [-0.25, -0.2) is 0 Å². The number of fused-ring (bicyclic) bond motifs is 10. The zero-order valence-electron chi connectivity index (χ0n) is 38.8. The van der Waals surface area contributed by atoms with Gasteiger partial charge in [-0.2, -0.15) is 0 Å². The van der Waals surface area contributed by atoms with Crippen molar-refractivity contribution in [3.63, 3.8) is 0 Å². The number of aryl methyl sites for hydroxylation is 2. The first-order valence-electron chi connectivity index (χ1n) is 24.2. The van der Waals surface area contributed by atoms with E-state index in [1.165, 1.54) is 70.8 Å². The molecule has 0 N–H and O–H groups in total. The van der Waals surface area contributed by atoms with Crippen molar-refractivity contribution in [2.24, 2.45) is 0 Å². The molecular weight excluding hydrogens is 850 g/mol. The van der Waals surface area contributed by atoms with Gasteiger partial charge in [-0.05, 0) is 105 Å². The molecule has 0 saturated heterocycles. The van der Waals surface area contributed by atoms with Crippen LogP contribution in [0.1, 0.15) is 11.1 Å². The zero-order chi connectivity index (χ0) is 46.5. The van der Waals surface area contributed by atoms with Crippen LogP contribution >= 0.6 is 0 Å². The Kier molecular flexibility index (Phi) is 9.12. The van der Waals surface area contributed by atoms with Crippen LogP contribution in [0.4, 0.5) is 17.1 Å². The number of anilines is 3. The van der Waals surface area contributed by atoms with Crippen molar-refractivity contribution in [2.45, 2.75) is 13.8 Å². The van der Waals surface area contributed by atoms with E-state index in [-0.39, 0.29) is 6.71 Å². The van der Waals surface area contributed by atoms with E-state index in [2.05, 4.69) is 237 Å². The van der Waals surface area contributed by atoms with Gasteiger partial charge in [-0.3, -0.25) is 0 Å². The van der Waals surface area contributed by atoms with Crippen LogP contribution in [0.15, 0.2) is 235 Å². The highest BCUT2D eigenvalue weighted by Gasteiger charge is 2.30. The molecule has 0 bridgehead atoms. The molecule has 1 aliphatic rings. The van der Waals surface area contributed by atoms with Gasteiger partial charge < -0.3 is 14.1 Å². The van der Waals surface area contributed by atoms with Gasteiger partial charge in [0.1, 0.15) is 17.1 Å². The third-order valence-electron chi connectivity index (χ3n) is 14.6. The Labute approximate surface area is 406 Å². The molecule has 0 aliphatic carbocycles. The van der Waals surface area contributed by atoms with E-state index in [1.54, 1.807) is 0 Å². The van der Waals surface area contributed by atoms with Crippen LogP contribution in [0.5, 0.6) is 11.5 Å². The van der Waals surface area contributed by atoms with Gasteiger partial charge in [0.2, 0.25) is 6.71 Å². The second-order valence-corrected chi connectivity index (χ2v) is 18.9. The summed E-state index contributed by atoms with van der Waals surface area (Å²) in [5, 5.41) is 11.9. The first-order valence-corrected chi connectivity index (χ1v) is 24.2. The van der Waals surface area contributed by atoms with Gasteiger partial charge in [-0.15, -0.1) is 0 Å². The normalized spacial score (nSPS) is 12.0. The van der Waals surface area contributed by atoms with E-state index in [4.69, 9.17) is 9.15 Å². The van der Waals surface area contributed by atoms with Crippen molar-refractivity contribution in [3.8, 4) is 33.8 Å². The number of hydrogen-bond acceptors (Lipinski definition) is 3. The van der Waals surface area contributed by atoms with Crippen LogP contribution in [0, 0.1) is 13.8 Å². The number of ether oxygens (including phenoxy) is 1. The molecule has 3 nitrogen and oxygen atoms in total. The Morgan fingerprint density at radius 3 is 1.91 bits per heavy atom. The molecule has 0 atom stereocenters. The highest BCUT2D eigenvalue weighted by atomic mass is 16.5. The Morgan fingerprint density at radius 1 is 0.386 bits per heavy atom. The molecule has 1 aliphatic heterocycles. The topological polar surface area (TPSA) is 25.6 Å². The van der Waals surface area contributed by atoms with Gasteiger partial charge >= 0.3 is 0 Å². The number of benzene rings is 12. The smallest absolute Gasteiger partial charge is 0.242 e. The second-order valence-electron chi connectivity index (χ2n) is 18.9. The largest absolute Gasteiger partial charge is 0.456 e. The summed E-state index contributed by atoms with van der Waals surface area (Å²) in [5.74, 6) is 1.66. The van der Waals surface area contributed by atoms with Crippen molar-refractivity contribution < 1.29 is 9.15 Å². The van der Waals surface area contributed by atoms with Gasteiger partial charge in [0, 0.05) is 33.4 Å². The standard InChI is InChI=1S/C66H44BNO2/c1-41-35-42(2)37-45(36-41)67(58-28-14-20-43-19-6-7-21-47(43)58)59-40-56-53-26-16-32-63-65(53)57(39-55(56)49-23-8-9-24-50(49)59)52-34-33-46(38-64(52)69-63)68(60-29-12-10-22-48(60)44-17-4-3-5-18-44)61-30-15-27-54-51-25-11-13-31-62(51)70-66(54)61/h3-40H,1-2H3. The summed E-state index contributed by atoms with van der Waals surface area (Å²) in [7, 11) is 0.